The summed E-state index contributed by atoms with van der Waals surface area (Å²) in [5.41, 5.74) is 0.553. The molecule has 0 unspecified atom stereocenters. The van der Waals surface area contributed by atoms with Crippen molar-refractivity contribution < 1.29 is 24.2 Å². The Balaban J connectivity index is 1.96. The number of carbonyl (C=O) groups excluding carboxylic acids is 2. The fraction of sp³-hybridized carbons (Fsp3) is 0.250. The quantitative estimate of drug-likeness (QED) is 0.650. The molecule has 2 aromatic carbocycles. The number of anilines is 1. The van der Waals surface area contributed by atoms with Crippen molar-refractivity contribution in [2.75, 3.05) is 12.4 Å². The highest BCUT2D eigenvalue weighted by atomic mass is 16.5. The maximum absolute atomic E-state index is 12.7. The number of amides is 1. The van der Waals surface area contributed by atoms with E-state index in [9.17, 15) is 19.5 Å². The van der Waals surface area contributed by atoms with Gasteiger partial charge in [-0.3, -0.25) is 9.59 Å². The van der Waals surface area contributed by atoms with Gasteiger partial charge in [0.1, 0.15) is 0 Å². The van der Waals surface area contributed by atoms with Crippen molar-refractivity contribution in [1.82, 2.24) is 0 Å². The third kappa shape index (κ3) is 3.44. The monoisotopic (exact) mass is 353 g/mol. The van der Waals surface area contributed by atoms with Crippen LogP contribution >= 0.6 is 0 Å². The van der Waals surface area contributed by atoms with E-state index in [-0.39, 0.29) is 5.56 Å². The zero-order chi connectivity index (χ0) is 18.7. The van der Waals surface area contributed by atoms with Crippen LogP contribution in [-0.2, 0) is 14.3 Å². The molecule has 6 nitrogen and oxygen atoms in total. The second kappa shape index (κ2) is 7.39. The van der Waals surface area contributed by atoms with E-state index in [1.165, 1.54) is 7.11 Å². The Bertz CT molecular complexity index is 902. The predicted molar refractivity (Wildman–Crippen MR) is 96.9 cm³/mol. The Morgan fingerprint density at radius 2 is 1.65 bits per heavy atom. The van der Waals surface area contributed by atoms with Crippen LogP contribution < -0.4 is 5.32 Å². The molecule has 0 saturated carbocycles. The molecule has 0 fully saturated rings. The minimum Gasteiger partial charge on any atom is -0.481 e. The lowest BCUT2D eigenvalue weighted by Gasteiger charge is -2.24. The van der Waals surface area contributed by atoms with Crippen LogP contribution in [0.4, 0.5) is 5.69 Å². The number of rotatable bonds is 4. The smallest absolute Gasteiger partial charge is 0.339 e. The molecular formula is C20H19NO5. The Morgan fingerprint density at radius 1 is 1.04 bits per heavy atom. The largest absolute Gasteiger partial charge is 0.481 e. The van der Waals surface area contributed by atoms with Gasteiger partial charge in [-0.05, 0) is 35.7 Å². The number of allylic oxidation sites excluding steroid dienone is 2. The molecule has 0 heterocycles. The lowest BCUT2D eigenvalue weighted by atomic mass is 9.82. The summed E-state index contributed by atoms with van der Waals surface area (Å²) in [6.45, 7) is 0. The Kier molecular flexibility index (Phi) is 5.02. The molecular weight excluding hydrogens is 334 g/mol. The summed E-state index contributed by atoms with van der Waals surface area (Å²) in [7, 11) is 1.27. The van der Waals surface area contributed by atoms with E-state index in [4.69, 9.17) is 4.74 Å². The first kappa shape index (κ1) is 17.7. The van der Waals surface area contributed by atoms with Gasteiger partial charge in [-0.15, -0.1) is 0 Å². The number of benzene rings is 2. The molecule has 0 radical (unpaired) electrons. The van der Waals surface area contributed by atoms with E-state index in [1.807, 2.05) is 30.3 Å². The molecule has 2 N–H and O–H groups in total. The van der Waals surface area contributed by atoms with Gasteiger partial charge in [-0.2, -0.15) is 0 Å². The van der Waals surface area contributed by atoms with Crippen molar-refractivity contribution in [2.24, 2.45) is 11.8 Å². The number of carboxylic acids is 1. The topological polar surface area (TPSA) is 92.7 Å². The maximum atomic E-state index is 12.7. The lowest BCUT2D eigenvalue weighted by molar-refractivity contribution is -0.146. The summed E-state index contributed by atoms with van der Waals surface area (Å²) in [5, 5.41) is 13.8. The first-order valence-electron chi connectivity index (χ1n) is 8.31. The van der Waals surface area contributed by atoms with Crippen LogP contribution in [0.1, 0.15) is 23.2 Å². The van der Waals surface area contributed by atoms with Gasteiger partial charge in [0.25, 0.3) is 0 Å². The fourth-order valence-electron chi connectivity index (χ4n) is 3.22. The van der Waals surface area contributed by atoms with Crippen molar-refractivity contribution in [3.05, 3.63) is 54.1 Å². The van der Waals surface area contributed by atoms with Gasteiger partial charge in [0.05, 0.1) is 30.2 Å². The normalized spacial score (nSPS) is 19.1. The summed E-state index contributed by atoms with van der Waals surface area (Å²) >= 11 is 0. The molecule has 0 aliphatic heterocycles. The molecule has 2 atom stereocenters. The second-order valence-electron chi connectivity index (χ2n) is 6.22. The number of aliphatic carboxylic acids is 1. The first-order chi connectivity index (χ1) is 12.5. The van der Waals surface area contributed by atoms with Crippen molar-refractivity contribution in [1.29, 1.82) is 0 Å². The molecule has 2 aromatic rings. The Hall–Kier alpha value is -3.15. The van der Waals surface area contributed by atoms with Gasteiger partial charge in [0.15, 0.2) is 0 Å². The second-order valence-corrected chi connectivity index (χ2v) is 6.22. The molecule has 0 saturated heterocycles. The minimum absolute atomic E-state index is 0.234. The van der Waals surface area contributed by atoms with Crippen molar-refractivity contribution in [2.45, 2.75) is 12.8 Å². The van der Waals surface area contributed by atoms with Crippen LogP contribution in [0.3, 0.4) is 0 Å². The molecule has 26 heavy (non-hydrogen) atoms. The number of carbonyl (C=O) groups is 3. The SMILES string of the molecule is COC(=O)c1cc2ccccc2cc1NC(=O)[C@H]1CC=CC[C@H]1C(=O)O. The van der Waals surface area contributed by atoms with Crippen LogP contribution in [0.2, 0.25) is 0 Å². The summed E-state index contributed by atoms with van der Waals surface area (Å²) in [4.78, 5) is 36.3. The van der Waals surface area contributed by atoms with Crippen molar-refractivity contribution in [3.63, 3.8) is 0 Å². The zero-order valence-corrected chi connectivity index (χ0v) is 14.3. The van der Waals surface area contributed by atoms with Crippen LogP contribution in [0.15, 0.2) is 48.6 Å². The molecule has 1 aliphatic carbocycles. The molecule has 0 bridgehead atoms. The number of carboxylic acid groups (broad SMARTS) is 1. The van der Waals surface area contributed by atoms with Gasteiger partial charge in [0, 0.05) is 0 Å². The average Bonchev–Trinajstić information content (AvgIpc) is 2.66. The summed E-state index contributed by atoms with van der Waals surface area (Å²) < 4.78 is 4.82. The van der Waals surface area contributed by atoms with Crippen LogP contribution in [0, 0.1) is 11.8 Å². The standard InChI is InChI=1S/C20H19NO5/c1-26-20(25)16-10-12-6-2-3-7-13(12)11-17(16)21-18(22)14-8-4-5-9-15(14)19(23)24/h2-7,10-11,14-15H,8-9H2,1H3,(H,21,22)(H,23,24)/t14-,15+/m0/s1. The number of hydrogen-bond donors (Lipinski definition) is 2. The Labute approximate surface area is 150 Å². The molecule has 1 aliphatic rings. The van der Waals surface area contributed by atoms with E-state index in [2.05, 4.69) is 5.32 Å². The molecule has 1 amide bonds. The number of methoxy groups -OCH3 is 1. The maximum Gasteiger partial charge on any atom is 0.339 e. The third-order valence-electron chi connectivity index (χ3n) is 4.64. The number of ether oxygens (including phenoxy) is 1. The van der Waals surface area contributed by atoms with Crippen LogP contribution in [0.5, 0.6) is 0 Å². The van der Waals surface area contributed by atoms with E-state index >= 15 is 0 Å². The average molecular weight is 353 g/mol. The van der Waals surface area contributed by atoms with Gasteiger partial charge >= 0.3 is 11.9 Å². The fourth-order valence-corrected chi connectivity index (χ4v) is 3.22. The van der Waals surface area contributed by atoms with Crippen molar-refractivity contribution in [3.8, 4) is 0 Å². The van der Waals surface area contributed by atoms with Gasteiger partial charge < -0.3 is 15.2 Å². The first-order valence-corrected chi connectivity index (χ1v) is 8.31. The third-order valence-corrected chi connectivity index (χ3v) is 4.64. The highest BCUT2D eigenvalue weighted by Crippen LogP contribution is 2.30. The number of nitrogens with one attached hydrogen (secondary N) is 1. The van der Waals surface area contributed by atoms with Crippen molar-refractivity contribution >= 4 is 34.3 Å². The number of hydrogen-bond acceptors (Lipinski definition) is 4. The van der Waals surface area contributed by atoms with Gasteiger partial charge in [-0.25, -0.2) is 4.79 Å². The molecule has 0 spiro atoms. The summed E-state index contributed by atoms with van der Waals surface area (Å²) in [6.07, 6.45) is 4.25. The summed E-state index contributed by atoms with van der Waals surface area (Å²) in [6, 6.07) is 10.8. The van der Waals surface area contributed by atoms with Gasteiger partial charge in [-0.1, -0.05) is 36.4 Å². The van der Waals surface area contributed by atoms with Crippen LogP contribution in [-0.4, -0.2) is 30.1 Å². The van der Waals surface area contributed by atoms with E-state index in [0.717, 1.165) is 10.8 Å². The number of fused-ring (bicyclic) bond motifs is 1. The highest BCUT2D eigenvalue weighted by Gasteiger charge is 2.34. The highest BCUT2D eigenvalue weighted by molar-refractivity contribution is 6.06. The summed E-state index contributed by atoms with van der Waals surface area (Å²) in [5.74, 6) is -3.44. The minimum atomic E-state index is -0.999. The predicted octanol–water partition coefficient (Wildman–Crippen LogP) is 3.23. The molecule has 0 aromatic heterocycles. The number of esters is 1. The molecule has 3 rings (SSSR count). The Morgan fingerprint density at radius 3 is 2.27 bits per heavy atom. The van der Waals surface area contributed by atoms with E-state index in [1.54, 1.807) is 18.2 Å². The van der Waals surface area contributed by atoms with Gasteiger partial charge in [0.2, 0.25) is 5.91 Å². The zero-order valence-electron chi connectivity index (χ0n) is 14.3. The van der Waals surface area contributed by atoms with E-state index in [0.29, 0.717) is 18.5 Å². The molecule has 134 valence electrons. The lowest BCUT2D eigenvalue weighted by Crippen LogP contribution is -2.35. The molecule has 6 heteroatoms. The van der Waals surface area contributed by atoms with E-state index < -0.39 is 29.7 Å². The van der Waals surface area contributed by atoms with Crippen LogP contribution in [0.25, 0.3) is 10.8 Å².